The van der Waals surface area contributed by atoms with Crippen molar-refractivity contribution >= 4 is 5.91 Å². The van der Waals surface area contributed by atoms with E-state index in [2.05, 4.69) is 11.8 Å². The van der Waals surface area contributed by atoms with E-state index >= 15 is 0 Å². The van der Waals surface area contributed by atoms with Gasteiger partial charge in [0.1, 0.15) is 0 Å². The highest BCUT2D eigenvalue weighted by Crippen LogP contribution is 2.42. The molecule has 0 aromatic heterocycles. The van der Waals surface area contributed by atoms with E-state index in [-0.39, 0.29) is 5.92 Å². The molecule has 2 aliphatic carbocycles. The van der Waals surface area contributed by atoms with Crippen molar-refractivity contribution in [3.8, 4) is 0 Å². The lowest BCUT2D eigenvalue weighted by Gasteiger charge is -2.36. The molecule has 0 aromatic rings. The van der Waals surface area contributed by atoms with Gasteiger partial charge < -0.3 is 10.6 Å². The van der Waals surface area contributed by atoms with Crippen LogP contribution in [0.5, 0.6) is 0 Å². The van der Waals surface area contributed by atoms with Crippen molar-refractivity contribution in [2.45, 2.75) is 70.4 Å². The molecule has 3 aliphatic rings. The van der Waals surface area contributed by atoms with Crippen molar-refractivity contribution in [3.05, 3.63) is 0 Å². The summed E-state index contributed by atoms with van der Waals surface area (Å²) in [6.45, 7) is 2.94. The lowest BCUT2D eigenvalue weighted by molar-refractivity contribution is -0.140. The smallest absolute Gasteiger partial charge is 0.226 e. The minimum atomic E-state index is 0.230. The van der Waals surface area contributed by atoms with Crippen LogP contribution in [0.4, 0.5) is 0 Å². The molecule has 3 rings (SSSR count). The Morgan fingerprint density at radius 1 is 1.16 bits per heavy atom. The molecule has 0 bridgehead atoms. The van der Waals surface area contributed by atoms with Crippen LogP contribution in [0.3, 0.4) is 0 Å². The first-order valence-corrected chi connectivity index (χ1v) is 8.24. The Morgan fingerprint density at radius 2 is 1.95 bits per heavy atom. The van der Waals surface area contributed by atoms with Crippen molar-refractivity contribution in [1.29, 1.82) is 0 Å². The molecule has 1 amide bonds. The Hall–Kier alpha value is -0.570. The van der Waals surface area contributed by atoms with Crippen LogP contribution in [-0.2, 0) is 4.79 Å². The number of likely N-dealkylation sites (tertiary alicyclic amines) is 1. The maximum absolute atomic E-state index is 13.0. The second-order valence-electron chi connectivity index (χ2n) is 6.98. The van der Waals surface area contributed by atoms with E-state index < -0.39 is 0 Å². The zero-order valence-electron chi connectivity index (χ0n) is 12.2. The fourth-order valence-electron chi connectivity index (χ4n) is 4.92. The third-order valence-corrected chi connectivity index (χ3v) is 5.88. The summed E-state index contributed by atoms with van der Waals surface area (Å²) in [4.78, 5) is 15.2. The van der Waals surface area contributed by atoms with Gasteiger partial charge in [-0.15, -0.1) is 0 Å². The summed E-state index contributed by atoms with van der Waals surface area (Å²) in [5.41, 5.74) is 5.86. The zero-order valence-corrected chi connectivity index (χ0v) is 12.2. The van der Waals surface area contributed by atoms with E-state index in [1.165, 1.54) is 38.5 Å². The molecule has 3 fully saturated rings. The quantitative estimate of drug-likeness (QED) is 0.833. The predicted octanol–water partition coefficient (Wildman–Crippen LogP) is 2.54. The number of carbonyl (C=O) groups is 1. The van der Waals surface area contributed by atoms with E-state index in [1.807, 2.05) is 0 Å². The van der Waals surface area contributed by atoms with Crippen LogP contribution in [0.15, 0.2) is 0 Å². The number of carbonyl (C=O) groups excluding carboxylic acids is 1. The summed E-state index contributed by atoms with van der Waals surface area (Å²) < 4.78 is 0. The average molecular weight is 264 g/mol. The molecular weight excluding hydrogens is 236 g/mol. The topological polar surface area (TPSA) is 46.3 Å². The summed E-state index contributed by atoms with van der Waals surface area (Å²) in [7, 11) is 0. The number of nitrogens with two attached hydrogens (primary N) is 1. The number of hydrogen-bond acceptors (Lipinski definition) is 2. The largest absolute Gasteiger partial charge is 0.336 e. The molecule has 3 heteroatoms. The van der Waals surface area contributed by atoms with Crippen LogP contribution < -0.4 is 5.73 Å². The van der Waals surface area contributed by atoms with Crippen molar-refractivity contribution in [2.24, 2.45) is 23.5 Å². The van der Waals surface area contributed by atoms with E-state index in [9.17, 15) is 4.79 Å². The van der Waals surface area contributed by atoms with Gasteiger partial charge in [-0.05, 0) is 57.4 Å². The van der Waals surface area contributed by atoms with E-state index in [1.54, 1.807) is 0 Å². The lowest BCUT2D eigenvalue weighted by atomic mass is 9.84. The van der Waals surface area contributed by atoms with Crippen LogP contribution in [0.1, 0.15) is 58.3 Å². The minimum absolute atomic E-state index is 0.230. The van der Waals surface area contributed by atoms with E-state index in [0.29, 0.717) is 30.5 Å². The third-order valence-electron chi connectivity index (χ3n) is 5.88. The summed E-state index contributed by atoms with van der Waals surface area (Å²) in [6.07, 6.45) is 9.90. The molecule has 5 atom stereocenters. The Morgan fingerprint density at radius 3 is 2.74 bits per heavy atom. The highest BCUT2D eigenvalue weighted by Gasteiger charge is 2.45. The molecule has 0 radical (unpaired) electrons. The molecule has 0 aromatic carbocycles. The maximum atomic E-state index is 13.0. The molecule has 2 saturated carbocycles. The molecular formula is C16H28N2O. The Balaban J connectivity index is 1.74. The SMILES string of the molecule is CC1CC2CCCCC2N1C(=O)[C@@H]1CCC[C@@H]1CN. The molecule has 3 nitrogen and oxygen atoms in total. The third kappa shape index (κ3) is 2.31. The van der Waals surface area contributed by atoms with Crippen molar-refractivity contribution in [1.82, 2.24) is 4.90 Å². The monoisotopic (exact) mass is 264 g/mol. The highest BCUT2D eigenvalue weighted by molar-refractivity contribution is 5.80. The van der Waals surface area contributed by atoms with Crippen LogP contribution >= 0.6 is 0 Å². The van der Waals surface area contributed by atoms with Crippen LogP contribution in [0.25, 0.3) is 0 Å². The number of hydrogen-bond donors (Lipinski definition) is 1. The molecule has 2 N–H and O–H groups in total. The lowest BCUT2D eigenvalue weighted by Crippen LogP contribution is -2.46. The van der Waals surface area contributed by atoms with Gasteiger partial charge in [-0.25, -0.2) is 0 Å². The molecule has 1 aliphatic heterocycles. The van der Waals surface area contributed by atoms with Crippen molar-refractivity contribution in [2.75, 3.05) is 6.54 Å². The number of amides is 1. The van der Waals surface area contributed by atoms with Crippen molar-refractivity contribution < 1.29 is 4.79 Å². The number of nitrogens with zero attached hydrogens (tertiary/aromatic N) is 1. The van der Waals surface area contributed by atoms with Gasteiger partial charge >= 0.3 is 0 Å². The Kier molecular flexibility index (Phi) is 3.84. The molecule has 1 saturated heterocycles. The van der Waals surface area contributed by atoms with Gasteiger partial charge in [0.25, 0.3) is 0 Å². The van der Waals surface area contributed by atoms with Gasteiger partial charge in [0, 0.05) is 18.0 Å². The summed E-state index contributed by atoms with van der Waals surface area (Å²) >= 11 is 0. The van der Waals surface area contributed by atoms with Gasteiger partial charge in [-0.3, -0.25) is 4.79 Å². The molecule has 1 heterocycles. The fraction of sp³-hybridized carbons (Fsp3) is 0.938. The minimum Gasteiger partial charge on any atom is -0.336 e. The van der Waals surface area contributed by atoms with Gasteiger partial charge in [0.2, 0.25) is 5.91 Å². The van der Waals surface area contributed by atoms with E-state index in [0.717, 1.165) is 18.8 Å². The Bertz CT molecular complexity index is 344. The highest BCUT2D eigenvalue weighted by atomic mass is 16.2. The van der Waals surface area contributed by atoms with Crippen LogP contribution in [0, 0.1) is 17.8 Å². The molecule has 3 unspecified atom stereocenters. The maximum Gasteiger partial charge on any atom is 0.226 e. The Labute approximate surface area is 116 Å². The van der Waals surface area contributed by atoms with Gasteiger partial charge in [-0.1, -0.05) is 19.3 Å². The summed E-state index contributed by atoms with van der Waals surface area (Å²) in [5.74, 6) is 1.90. The van der Waals surface area contributed by atoms with Gasteiger partial charge in [-0.2, -0.15) is 0 Å². The molecule has 0 spiro atoms. The molecule has 108 valence electrons. The number of rotatable bonds is 2. The first kappa shape index (κ1) is 13.4. The van der Waals surface area contributed by atoms with Crippen LogP contribution in [0.2, 0.25) is 0 Å². The normalized spacial score (nSPS) is 42.4. The summed E-state index contributed by atoms with van der Waals surface area (Å²) in [5, 5.41) is 0. The predicted molar refractivity (Wildman–Crippen MR) is 76.6 cm³/mol. The average Bonchev–Trinajstić information content (AvgIpc) is 3.00. The van der Waals surface area contributed by atoms with Gasteiger partial charge in [0.15, 0.2) is 0 Å². The van der Waals surface area contributed by atoms with Gasteiger partial charge in [0.05, 0.1) is 0 Å². The second-order valence-corrected chi connectivity index (χ2v) is 6.98. The summed E-state index contributed by atoms with van der Waals surface area (Å²) in [6, 6.07) is 1.01. The standard InChI is InChI=1S/C16H28N2O/c1-11-9-12-5-2-3-8-15(12)18(11)16(19)14-7-4-6-13(14)10-17/h11-15H,2-10,17H2,1H3/t11?,12?,13-,14-,15?/m1/s1. The number of fused-ring (bicyclic) bond motifs is 1. The van der Waals surface area contributed by atoms with E-state index in [4.69, 9.17) is 5.73 Å². The first-order valence-electron chi connectivity index (χ1n) is 8.24. The second kappa shape index (κ2) is 5.43. The zero-order chi connectivity index (χ0) is 13.4. The molecule has 19 heavy (non-hydrogen) atoms. The van der Waals surface area contributed by atoms with Crippen molar-refractivity contribution in [3.63, 3.8) is 0 Å². The van der Waals surface area contributed by atoms with Crippen LogP contribution in [-0.4, -0.2) is 29.4 Å². The first-order chi connectivity index (χ1) is 9.22. The fourth-order valence-corrected chi connectivity index (χ4v) is 4.92.